The second-order valence-electron chi connectivity index (χ2n) is 5.18. The molecule has 0 amide bonds. The van der Waals surface area contributed by atoms with Gasteiger partial charge in [0.2, 0.25) is 0 Å². The van der Waals surface area contributed by atoms with Gasteiger partial charge in [-0.15, -0.1) is 0 Å². The van der Waals surface area contributed by atoms with E-state index in [0.29, 0.717) is 10.7 Å². The molecular formula is C17H17N3OS. The molecule has 0 aliphatic rings. The summed E-state index contributed by atoms with van der Waals surface area (Å²) in [5, 5.41) is 0. The van der Waals surface area contributed by atoms with Crippen LogP contribution in [0, 0.1) is 0 Å². The van der Waals surface area contributed by atoms with E-state index < -0.39 is 0 Å². The van der Waals surface area contributed by atoms with E-state index in [4.69, 9.17) is 17.0 Å². The summed E-state index contributed by atoms with van der Waals surface area (Å²) in [5.74, 6) is 1.42. The number of fused-ring (bicyclic) bond motifs is 1. The van der Waals surface area contributed by atoms with Crippen LogP contribution in [0.3, 0.4) is 0 Å². The highest BCUT2D eigenvalue weighted by molar-refractivity contribution is 7.81. The molecule has 0 saturated carbocycles. The SMILES string of the molecule is COc1cccc2[nH]c(C(=S)c3ccccc3N(C)C)nc12. The third-order valence-corrected chi connectivity index (χ3v) is 3.95. The third kappa shape index (κ3) is 2.44. The fourth-order valence-electron chi connectivity index (χ4n) is 2.46. The van der Waals surface area contributed by atoms with Crippen LogP contribution in [0.25, 0.3) is 11.0 Å². The number of anilines is 1. The number of aromatic amines is 1. The topological polar surface area (TPSA) is 41.1 Å². The minimum absolute atomic E-state index is 0.684. The number of aromatic nitrogens is 2. The summed E-state index contributed by atoms with van der Waals surface area (Å²) in [4.78, 5) is 10.6. The number of nitrogens with one attached hydrogen (secondary N) is 1. The van der Waals surface area contributed by atoms with Gasteiger partial charge in [0, 0.05) is 25.3 Å². The van der Waals surface area contributed by atoms with E-state index in [-0.39, 0.29) is 0 Å². The highest BCUT2D eigenvalue weighted by Gasteiger charge is 2.15. The maximum atomic E-state index is 5.65. The van der Waals surface area contributed by atoms with Crippen LogP contribution >= 0.6 is 12.2 Å². The first-order chi connectivity index (χ1) is 10.6. The van der Waals surface area contributed by atoms with Crippen LogP contribution in [-0.4, -0.2) is 36.0 Å². The summed E-state index contributed by atoms with van der Waals surface area (Å²) in [6.45, 7) is 0. The normalized spacial score (nSPS) is 10.7. The first-order valence-corrected chi connectivity index (χ1v) is 7.36. The average Bonchev–Trinajstić information content (AvgIpc) is 2.98. The lowest BCUT2D eigenvalue weighted by molar-refractivity contribution is 0.419. The van der Waals surface area contributed by atoms with Crippen molar-refractivity contribution in [1.82, 2.24) is 9.97 Å². The fraction of sp³-hybridized carbons (Fsp3) is 0.176. The Hall–Kier alpha value is -2.40. The van der Waals surface area contributed by atoms with Gasteiger partial charge in [0.25, 0.3) is 0 Å². The van der Waals surface area contributed by atoms with Crippen LogP contribution < -0.4 is 9.64 Å². The number of hydrogen-bond donors (Lipinski definition) is 1. The molecule has 2 aromatic carbocycles. The van der Waals surface area contributed by atoms with Gasteiger partial charge in [-0.2, -0.15) is 0 Å². The van der Waals surface area contributed by atoms with Crippen molar-refractivity contribution in [3.05, 3.63) is 53.9 Å². The highest BCUT2D eigenvalue weighted by atomic mass is 32.1. The Morgan fingerprint density at radius 1 is 1.14 bits per heavy atom. The molecule has 0 saturated heterocycles. The maximum Gasteiger partial charge on any atom is 0.150 e. The van der Waals surface area contributed by atoms with Gasteiger partial charge < -0.3 is 14.6 Å². The lowest BCUT2D eigenvalue weighted by atomic mass is 10.1. The van der Waals surface area contributed by atoms with Crippen molar-refractivity contribution in [3.8, 4) is 5.75 Å². The zero-order valence-corrected chi connectivity index (χ0v) is 13.6. The Morgan fingerprint density at radius 3 is 2.64 bits per heavy atom. The lowest BCUT2D eigenvalue weighted by Crippen LogP contribution is -2.14. The van der Waals surface area contributed by atoms with Gasteiger partial charge in [-0.3, -0.25) is 0 Å². The maximum absolute atomic E-state index is 5.65. The number of para-hydroxylation sites is 2. The molecule has 0 aliphatic heterocycles. The molecule has 3 rings (SSSR count). The molecule has 0 atom stereocenters. The highest BCUT2D eigenvalue weighted by Crippen LogP contribution is 2.26. The molecule has 0 unspecified atom stereocenters. The molecule has 0 fully saturated rings. The van der Waals surface area contributed by atoms with Gasteiger partial charge in [0.1, 0.15) is 17.1 Å². The van der Waals surface area contributed by atoms with Crippen LogP contribution in [-0.2, 0) is 0 Å². The molecular weight excluding hydrogens is 294 g/mol. The standard InChI is InChI=1S/C17H17N3OS/c1-20(2)13-9-5-4-7-11(13)16(22)17-18-12-8-6-10-14(21-3)15(12)19-17/h4-10H,1-3H3,(H,18,19). The van der Waals surface area contributed by atoms with Crippen molar-refractivity contribution < 1.29 is 4.74 Å². The second-order valence-corrected chi connectivity index (χ2v) is 5.59. The summed E-state index contributed by atoms with van der Waals surface area (Å²) in [6, 6.07) is 13.8. The summed E-state index contributed by atoms with van der Waals surface area (Å²) in [7, 11) is 5.65. The summed E-state index contributed by atoms with van der Waals surface area (Å²) >= 11 is 5.65. The second kappa shape index (κ2) is 5.77. The Balaban J connectivity index is 2.10. The molecule has 1 aromatic heterocycles. The number of H-pyrrole nitrogens is 1. The van der Waals surface area contributed by atoms with Gasteiger partial charge in [0.05, 0.1) is 17.5 Å². The molecule has 0 spiro atoms. The zero-order valence-electron chi connectivity index (χ0n) is 12.8. The number of hydrogen-bond acceptors (Lipinski definition) is 4. The minimum atomic E-state index is 0.684. The first kappa shape index (κ1) is 14.5. The van der Waals surface area contributed by atoms with E-state index in [1.165, 1.54) is 0 Å². The predicted octanol–water partition coefficient (Wildman–Crippen LogP) is 3.40. The molecule has 22 heavy (non-hydrogen) atoms. The molecule has 112 valence electrons. The number of benzene rings is 2. The van der Waals surface area contributed by atoms with Crippen molar-refractivity contribution in [2.75, 3.05) is 26.1 Å². The van der Waals surface area contributed by atoms with Crippen molar-refractivity contribution in [3.63, 3.8) is 0 Å². The average molecular weight is 311 g/mol. The molecule has 1 heterocycles. The van der Waals surface area contributed by atoms with E-state index in [1.807, 2.05) is 61.5 Å². The summed E-state index contributed by atoms with van der Waals surface area (Å²) < 4.78 is 5.35. The predicted molar refractivity (Wildman–Crippen MR) is 94.2 cm³/mol. The Bertz CT molecular complexity index is 839. The number of methoxy groups -OCH3 is 1. The monoisotopic (exact) mass is 311 g/mol. The quantitative estimate of drug-likeness (QED) is 0.592. The van der Waals surface area contributed by atoms with Crippen LogP contribution in [0.4, 0.5) is 5.69 Å². The number of nitrogens with zero attached hydrogens (tertiary/aromatic N) is 2. The van der Waals surface area contributed by atoms with E-state index in [1.54, 1.807) is 7.11 Å². The van der Waals surface area contributed by atoms with Gasteiger partial charge in [0.15, 0.2) is 0 Å². The van der Waals surface area contributed by atoms with E-state index in [0.717, 1.165) is 28.0 Å². The van der Waals surface area contributed by atoms with Crippen molar-refractivity contribution in [2.24, 2.45) is 0 Å². The first-order valence-electron chi connectivity index (χ1n) is 6.95. The van der Waals surface area contributed by atoms with Gasteiger partial charge in [-0.25, -0.2) is 4.98 Å². The Morgan fingerprint density at radius 2 is 1.91 bits per heavy atom. The van der Waals surface area contributed by atoms with Gasteiger partial charge >= 0.3 is 0 Å². The van der Waals surface area contributed by atoms with Crippen molar-refractivity contribution >= 4 is 33.8 Å². The molecule has 0 aliphatic carbocycles. The van der Waals surface area contributed by atoms with Crippen LogP contribution in [0.2, 0.25) is 0 Å². The Kier molecular flexibility index (Phi) is 3.81. The smallest absolute Gasteiger partial charge is 0.150 e. The molecule has 0 radical (unpaired) electrons. The molecule has 1 N–H and O–H groups in total. The van der Waals surface area contributed by atoms with Gasteiger partial charge in [-0.1, -0.05) is 36.5 Å². The number of ether oxygens (including phenoxy) is 1. The van der Waals surface area contributed by atoms with Crippen molar-refractivity contribution in [1.29, 1.82) is 0 Å². The molecule has 5 heteroatoms. The lowest BCUT2D eigenvalue weighted by Gasteiger charge is -2.17. The number of rotatable bonds is 4. The van der Waals surface area contributed by atoms with E-state index in [2.05, 4.69) is 9.97 Å². The largest absolute Gasteiger partial charge is 0.494 e. The zero-order chi connectivity index (χ0) is 15.7. The summed E-state index contributed by atoms with van der Waals surface area (Å²) in [6.07, 6.45) is 0. The van der Waals surface area contributed by atoms with Crippen LogP contribution in [0.1, 0.15) is 11.4 Å². The summed E-state index contributed by atoms with van der Waals surface area (Å²) in [5.41, 5.74) is 3.77. The van der Waals surface area contributed by atoms with E-state index >= 15 is 0 Å². The third-order valence-electron chi connectivity index (χ3n) is 3.54. The van der Waals surface area contributed by atoms with Crippen molar-refractivity contribution in [2.45, 2.75) is 0 Å². The number of imidazole rings is 1. The molecule has 0 bridgehead atoms. The van der Waals surface area contributed by atoms with Crippen LogP contribution in [0.15, 0.2) is 42.5 Å². The van der Waals surface area contributed by atoms with Crippen LogP contribution in [0.5, 0.6) is 5.75 Å². The number of thiocarbonyl (C=S) groups is 1. The molecule has 4 nitrogen and oxygen atoms in total. The van der Waals surface area contributed by atoms with Gasteiger partial charge in [-0.05, 0) is 18.2 Å². The Labute approximate surface area is 134 Å². The molecule has 3 aromatic rings. The fourth-order valence-corrected chi connectivity index (χ4v) is 2.73. The minimum Gasteiger partial charge on any atom is -0.494 e. The van der Waals surface area contributed by atoms with E-state index in [9.17, 15) is 0 Å².